The molecule has 7 rings (SSSR count). The molecule has 4 aromatic rings. The monoisotopic (exact) mass is 452 g/mol. The molecule has 0 spiro atoms. The van der Waals surface area contributed by atoms with Crippen LogP contribution in [0.2, 0.25) is 0 Å². The van der Waals surface area contributed by atoms with Crippen LogP contribution in [-0.4, -0.2) is 45.4 Å². The minimum Gasteiger partial charge on any atom is -0.492 e. The van der Waals surface area contributed by atoms with Crippen LogP contribution in [0, 0.1) is 23.2 Å². The van der Waals surface area contributed by atoms with Crippen LogP contribution in [0.1, 0.15) is 18.9 Å². The Kier molecular flexibility index (Phi) is 5.02. The standard InChI is InChI=1S/C26H24N6O2/c1-2-33-21-10-22(25-20(11-27)13-30-32(25)16-21)17-6-7-23(29-12-17)31-14-18-9-19(15-31)26(18)34-24-5-3-4-8-28-24/h3-8,10,12-13,16,18-19,26H,2,9,14-15H2,1H3. The van der Waals surface area contributed by atoms with Crippen LogP contribution in [0.3, 0.4) is 0 Å². The Balaban J connectivity index is 1.23. The minimum absolute atomic E-state index is 0.228. The molecule has 4 aromatic heterocycles. The summed E-state index contributed by atoms with van der Waals surface area (Å²) in [4.78, 5) is 11.4. The first-order valence-electron chi connectivity index (χ1n) is 11.6. The zero-order valence-corrected chi connectivity index (χ0v) is 18.8. The molecule has 3 aliphatic rings. The number of nitrogens with zero attached hydrogens (tertiary/aromatic N) is 6. The smallest absolute Gasteiger partial charge is 0.213 e. The lowest BCUT2D eigenvalue weighted by Gasteiger charge is -2.53. The molecule has 8 heteroatoms. The Labute approximate surface area is 197 Å². The lowest BCUT2D eigenvalue weighted by Crippen LogP contribution is -2.60. The Hall–Kier alpha value is -4.12. The van der Waals surface area contributed by atoms with Gasteiger partial charge in [0.2, 0.25) is 5.88 Å². The number of nitriles is 1. The molecular formula is C26H24N6O2. The van der Waals surface area contributed by atoms with Crippen molar-refractivity contribution in [1.82, 2.24) is 19.6 Å². The predicted molar refractivity (Wildman–Crippen MR) is 127 cm³/mol. The maximum absolute atomic E-state index is 9.56. The molecule has 0 N–H and O–H groups in total. The number of ether oxygens (including phenoxy) is 2. The summed E-state index contributed by atoms with van der Waals surface area (Å²) >= 11 is 0. The summed E-state index contributed by atoms with van der Waals surface area (Å²) in [6.07, 6.45) is 8.44. The molecule has 2 bridgehead atoms. The van der Waals surface area contributed by atoms with E-state index in [-0.39, 0.29) is 6.10 Å². The number of aromatic nitrogens is 4. The number of pyridine rings is 3. The van der Waals surface area contributed by atoms with Gasteiger partial charge in [-0.05, 0) is 37.6 Å². The molecule has 0 radical (unpaired) electrons. The van der Waals surface area contributed by atoms with Gasteiger partial charge in [0.1, 0.15) is 23.7 Å². The van der Waals surface area contributed by atoms with E-state index in [2.05, 4.69) is 33.2 Å². The summed E-state index contributed by atoms with van der Waals surface area (Å²) in [6.45, 7) is 4.34. The van der Waals surface area contributed by atoms with Crippen molar-refractivity contribution in [2.75, 3.05) is 24.6 Å². The van der Waals surface area contributed by atoms with Gasteiger partial charge in [0.05, 0.1) is 30.1 Å². The average Bonchev–Trinajstić information content (AvgIpc) is 3.31. The molecule has 2 unspecified atom stereocenters. The van der Waals surface area contributed by atoms with Gasteiger partial charge in [-0.25, -0.2) is 14.5 Å². The normalized spacial score (nSPS) is 21.1. The third kappa shape index (κ3) is 3.50. The lowest BCUT2D eigenvalue weighted by atomic mass is 9.68. The van der Waals surface area contributed by atoms with E-state index in [0.717, 1.165) is 35.6 Å². The maximum atomic E-state index is 9.56. The van der Waals surface area contributed by atoms with Crippen LogP contribution in [0.4, 0.5) is 5.82 Å². The molecule has 2 aliphatic heterocycles. The highest BCUT2D eigenvalue weighted by Gasteiger charge is 2.48. The summed E-state index contributed by atoms with van der Waals surface area (Å²) in [5.41, 5.74) is 3.08. The van der Waals surface area contributed by atoms with Gasteiger partial charge in [-0.2, -0.15) is 10.4 Å². The van der Waals surface area contributed by atoms with Crippen LogP contribution < -0.4 is 14.4 Å². The van der Waals surface area contributed by atoms with Crippen molar-refractivity contribution < 1.29 is 9.47 Å². The van der Waals surface area contributed by atoms with E-state index in [0.29, 0.717) is 35.6 Å². The summed E-state index contributed by atoms with van der Waals surface area (Å²) < 4.78 is 13.6. The zero-order chi connectivity index (χ0) is 23.1. The fraction of sp³-hybridized carbons (Fsp3) is 0.308. The van der Waals surface area contributed by atoms with Crippen molar-refractivity contribution in [2.24, 2.45) is 11.8 Å². The fourth-order valence-electron chi connectivity index (χ4n) is 5.16. The first-order chi connectivity index (χ1) is 16.7. The average molecular weight is 453 g/mol. The molecule has 1 saturated carbocycles. The van der Waals surface area contributed by atoms with Crippen LogP contribution in [0.25, 0.3) is 16.6 Å². The maximum Gasteiger partial charge on any atom is 0.213 e. The largest absolute Gasteiger partial charge is 0.492 e. The molecule has 1 aliphatic carbocycles. The number of hydrogen-bond donors (Lipinski definition) is 0. The van der Waals surface area contributed by atoms with Gasteiger partial charge in [0.25, 0.3) is 0 Å². The Morgan fingerprint density at radius 3 is 2.71 bits per heavy atom. The third-order valence-electron chi connectivity index (χ3n) is 6.74. The number of rotatable bonds is 6. The van der Waals surface area contributed by atoms with Crippen molar-refractivity contribution in [3.05, 3.63) is 66.7 Å². The summed E-state index contributed by atoms with van der Waals surface area (Å²) in [6, 6.07) is 14.1. The van der Waals surface area contributed by atoms with Gasteiger partial charge < -0.3 is 14.4 Å². The van der Waals surface area contributed by atoms with E-state index in [4.69, 9.17) is 14.5 Å². The number of anilines is 1. The highest BCUT2D eigenvalue weighted by molar-refractivity contribution is 5.85. The van der Waals surface area contributed by atoms with Crippen LogP contribution in [0.15, 0.2) is 61.2 Å². The molecule has 2 saturated heterocycles. The molecule has 34 heavy (non-hydrogen) atoms. The Morgan fingerprint density at radius 1 is 1.12 bits per heavy atom. The number of fused-ring (bicyclic) bond motifs is 3. The van der Waals surface area contributed by atoms with Crippen molar-refractivity contribution >= 4 is 11.3 Å². The van der Waals surface area contributed by atoms with Gasteiger partial charge in [-0.3, -0.25) is 0 Å². The molecular weight excluding hydrogens is 428 g/mol. The second-order valence-corrected chi connectivity index (χ2v) is 8.80. The van der Waals surface area contributed by atoms with Crippen molar-refractivity contribution in [1.29, 1.82) is 5.26 Å². The van der Waals surface area contributed by atoms with Crippen LogP contribution >= 0.6 is 0 Å². The Bertz CT molecular complexity index is 1350. The van der Waals surface area contributed by atoms with E-state index >= 15 is 0 Å². The molecule has 0 aromatic carbocycles. The van der Waals surface area contributed by atoms with E-state index in [9.17, 15) is 5.26 Å². The second kappa shape index (κ2) is 8.34. The first-order valence-corrected chi connectivity index (χ1v) is 11.6. The predicted octanol–water partition coefficient (Wildman–Crippen LogP) is 3.97. The van der Waals surface area contributed by atoms with E-state index < -0.39 is 0 Å². The van der Waals surface area contributed by atoms with E-state index in [1.165, 1.54) is 6.42 Å². The molecule has 170 valence electrons. The van der Waals surface area contributed by atoms with Crippen molar-refractivity contribution in [3.63, 3.8) is 0 Å². The minimum atomic E-state index is 0.228. The number of hydrogen-bond acceptors (Lipinski definition) is 7. The van der Waals surface area contributed by atoms with E-state index in [1.807, 2.05) is 37.4 Å². The topological polar surface area (TPSA) is 88.6 Å². The Morgan fingerprint density at radius 2 is 2.00 bits per heavy atom. The zero-order valence-electron chi connectivity index (χ0n) is 18.8. The molecule has 6 heterocycles. The second-order valence-electron chi connectivity index (χ2n) is 8.80. The summed E-state index contributed by atoms with van der Waals surface area (Å²) in [7, 11) is 0. The van der Waals surface area contributed by atoms with Gasteiger partial charge in [0, 0.05) is 54.5 Å². The quantitative estimate of drug-likeness (QED) is 0.437. The summed E-state index contributed by atoms with van der Waals surface area (Å²) in [5, 5.41) is 13.9. The van der Waals surface area contributed by atoms with Gasteiger partial charge >= 0.3 is 0 Å². The molecule has 3 fully saturated rings. The van der Waals surface area contributed by atoms with Gasteiger partial charge in [0.15, 0.2) is 0 Å². The fourth-order valence-corrected chi connectivity index (χ4v) is 5.16. The molecule has 8 nitrogen and oxygen atoms in total. The summed E-state index contributed by atoms with van der Waals surface area (Å²) in [5.74, 6) is 3.33. The highest BCUT2D eigenvalue weighted by atomic mass is 16.5. The van der Waals surface area contributed by atoms with Crippen molar-refractivity contribution in [3.8, 4) is 28.8 Å². The van der Waals surface area contributed by atoms with Crippen LogP contribution in [0.5, 0.6) is 11.6 Å². The number of piperidine rings is 2. The van der Waals surface area contributed by atoms with E-state index in [1.54, 1.807) is 23.1 Å². The van der Waals surface area contributed by atoms with Crippen LogP contribution in [-0.2, 0) is 0 Å². The third-order valence-corrected chi connectivity index (χ3v) is 6.74. The van der Waals surface area contributed by atoms with Crippen molar-refractivity contribution in [2.45, 2.75) is 19.4 Å². The molecule has 0 amide bonds. The SMILES string of the molecule is CCOc1cc(-c2ccc(N3CC4CC(C3)C4Oc3ccccn3)nc2)c2c(C#N)cnn2c1. The molecule has 2 atom stereocenters. The first kappa shape index (κ1) is 20.5. The van der Waals surface area contributed by atoms with Gasteiger partial charge in [-0.1, -0.05) is 6.07 Å². The van der Waals surface area contributed by atoms with Gasteiger partial charge in [-0.15, -0.1) is 0 Å². The lowest BCUT2D eigenvalue weighted by molar-refractivity contribution is -0.0367. The highest BCUT2D eigenvalue weighted by Crippen LogP contribution is 2.43.